The first kappa shape index (κ1) is 17.9. The lowest BCUT2D eigenvalue weighted by molar-refractivity contribution is -0.137. The van der Waals surface area contributed by atoms with Gasteiger partial charge in [0.15, 0.2) is 0 Å². The highest BCUT2D eigenvalue weighted by molar-refractivity contribution is 5.83. The molecule has 5 heteroatoms. The third kappa shape index (κ3) is 4.75. The summed E-state index contributed by atoms with van der Waals surface area (Å²) < 4.78 is 18.3. The molecule has 1 amide bonds. The minimum absolute atomic E-state index is 0.104. The van der Waals surface area contributed by atoms with Crippen LogP contribution in [0.25, 0.3) is 0 Å². The molecule has 1 saturated heterocycles. The van der Waals surface area contributed by atoms with E-state index in [0.29, 0.717) is 5.92 Å². The van der Waals surface area contributed by atoms with E-state index in [1.807, 2.05) is 23.9 Å². The number of piperidine rings is 1. The van der Waals surface area contributed by atoms with E-state index < -0.39 is 0 Å². The van der Waals surface area contributed by atoms with Crippen LogP contribution >= 0.6 is 0 Å². The first-order valence-corrected chi connectivity index (χ1v) is 8.22. The Balaban J connectivity index is 2.01. The number of amides is 1. The van der Waals surface area contributed by atoms with Crippen molar-refractivity contribution in [3.63, 3.8) is 0 Å². The number of hydrogen-bond acceptors (Lipinski definition) is 3. The summed E-state index contributed by atoms with van der Waals surface area (Å²) in [7, 11) is 5.50. The molecule has 0 N–H and O–H groups in total. The van der Waals surface area contributed by atoms with Gasteiger partial charge in [-0.2, -0.15) is 0 Å². The Morgan fingerprint density at radius 2 is 1.91 bits per heavy atom. The summed E-state index contributed by atoms with van der Waals surface area (Å²) in [5.74, 6) is 0.465. The summed E-state index contributed by atoms with van der Waals surface area (Å²) in [6, 6.07) is 5.87. The highest BCUT2D eigenvalue weighted by Crippen LogP contribution is 2.26. The highest BCUT2D eigenvalue weighted by Gasteiger charge is 2.30. The fourth-order valence-electron chi connectivity index (χ4n) is 3.21. The number of likely N-dealkylation sites (tertiary alicyclic amines) is 1. The average molecular weight is 322 g/mol. The zero-order valence-corrected chi connectivity index (χ0v) is 14.3. The van der Waals surface area contributed by atoms with Crippen molar-refractivity contribution in [3.05, 3.63) is 35.6 Å². The lowest BCUT2D eigenvalue weighted by Gasteiger charge is -2.36. The van der Waals surface area contributed by atoms with Crippen LogP contribution in [0, 0.1) is 11.7 Å². The van der Waals surface area contributed by atoms with Gasteiger partial charge >= 0.3 is 0 Å². The van der Waals surface area contributed by atoms with Gasteiger partial charge in [-0.3, -0.25) is 9.69 Å². The van der Waals surface area contributed by atoms with Crippen LogP contribution in [0.5, 0.6) is 0 Å². The number of likely N-dealkylation sites (N-methyl/N-ethyl adjacent to an activating group) is 1. The smallest absolute Gasteiger partial charge is 0.244 e. The van der Waals surface area contributed by atoms with Gasteiger partial charge in [-0.15, -0.1) is 0 Å². The molecule has 1 fully saturated rings. The van der Waals surface area contributed by atoms with E-state index in [2.05, 4.69) is 0 Å². The molecule has 0 spiro atoms. The first-order chi connectivity index (χ1) is 11.0. The third-order valence-electron chi connectivity index (χ3n) is 4.59. The Kier molecular flexibility index (Phi) is 6.54. The van der Waals surface area contributed by atoms with Crippen LogP contribution in [0.15, 0.2) is 24.3 Å². The molecule has 1 aromatic carbocycles. The normalized spacial score (nSPS) is 17.5. The van der Waals surface area contributed by atoms with Gasteiger partial charge in [-0.1, -0.05) is 12.1 Å². The molecule has 128 valence electrons. The minimum Gasteiger partial charge on any atom is -0.385 e. The second-order valence-electron chi connectivity index (χ2n) is 6.47. The molecule has 4 nitrogen and oxygen atoms in total. The number of hydrogen-bond donors (Lipinski definition) is 0. The molecule has 1 aliphatic heterocycles. The molecular formula is C18H27FN2O2. The van der Waals surface area contributed by atoms with Crippen molar-refractivity contribution < 1.29 is 13.9 Å². The van der Waals surface area contributed by atoms with Crippen LogP contribution in [0.2, 0.25) is 0 Å². The van der Waals surface area contributed by atoms with E-state index in [-0.39, 0.29) is 17.8 Å². The maximum Gasteiger partial charge on any atom is 0.244 e. The topological polar surface area (TPSA) is 32.8 Å². The first-order valence-electron chi connectivity index (χ1n) is 8.22. The molecule has 0 aliphatic carbocycles. The number of carbonyl (C=O) groups excluding carboxylic acids is 1. The molecule has 0 bridgehead atoms. The standard InChI is InChI=1S/C18H27FN2O2/c1-20(2)17(15-4-6-16(19)7-5-15)18(22)21-11-8-14(9-12-21)10-13-23-3/h4-7,14,17H,8-13H2,1-3H3/t17-/m1/s1. The van der Waals surface area contributed by atoms with E-state index in [1.165, 1.54) is 12.1 Å². The number of carbonyl (C=O) groups is 1. The molecule has 1 atom stereocenters. The largest absolute Gasteiger partial charge is 0.385 e. The monoisotopic (exact) mass is 322 g/mol. The van der Waals surface area contributed by atoms with Crippen molar-refractivity contribution in [1.29, 1.82) is 0 Å². The van der Waals surface area contributed by atoms with Gasteiger partial charge in [0.1, 0.15) is 11.9 Å². The quantitative estimate of drug-likeness (QED) is 0.807. The molecule has 2 rings (SSSR count). The lowest BCUT2D eigenvalue weighted by Crippen LogP contribution is -2.44. The molecule has 0 radical (unpaired) electrons. The van der Waals surface area contributed by atoms with Crippen molar-refractivity contribution in [3.8, 4) is 0 Å². The van der Waals surface area contributed by atoms with Crippen molar-refractivity contribution in [2.45, 2.75) is 25.3 Å². The number of ether oxygens (including phenoxy) is 1. The maximum absolute atomic E-state index is 13.1. The highest BCUT2D eigenvalue weighted by atomic mass is 19.1. The molecular weight excluding hydrogens is 295 g/mol. The van der Waals surface area contributed by atoms with Gasteiger partial charge in [0.25, 0.3) is 0 Å². The van der Waals surface area contributed by atoms with Gasteiger partial charge in [0.2, 0.25) is 5.91 Å². The number of nitrogens with zero attached hydrogens (tertiary/aromatic N) is 2. The number of benzene rings is 1. The molecule has 0 unspecified atom stereocenters. The second kappa shape index (κ2) is 8.41. The van der Waals surface area contributed by atoms with Crippen molar-refractivity contribution in [1.82, 2.24) is 9.80 Å². The zero-order chi connectivity index (χ0) is 16.8. The summed E-state index contributed by atoms with van der Waals surface area (Å²) in [6.07, 6.45) is 3.12. The number of methoxy groups -OCH3 is 1. The van der Waals surface area contributed by atoms with E-state index in [0.717, 1.165) is 44.5 Å². The minimum atomic E-state index is -0.355. The van der Waals surface area contributed by atoms with Crippen LogP contribution in [0.1, 0.15) is 30.9 Å². The Morgan fingerprint density at radius 1 is 1.30 bits per heavy atom. The van der Waals surface area contributed by atoms with Gasteiger partial charge in [-0.05, 0) is 57.0 Å². The van der Waals surface area contributed by atoms with Crippen molar-refractivity contribution in [2.75, 3.05) is 40.9 Å². The molecule has 0 aromatic heterocycles. The predicted molar refractivity (Wildman–Crippen MR) is 88.6 cm³/mol. The lowest BCUT2D eigenvalue weighted by atomic mass is 9.93. The van der Waals surface area contributed by atoms with E-state index in [4.69, 9.17) is 4.74 Å². The van der Waals surface area contributed by atoms with Crippen LogP contribution in [0.3, 0.4) is 0 Å². The van der Waals surface area contributed by atoms with Gasteiger partial charge in [0, 0.05) is 26.8 Å². The molecule has 1 heterocycles. The van der Waals surface area contributed by atoms with Gasteiger partial charge < -0.3 is 9.64 Å². The fraction of sp³-hybridized carbons (Fsp3) is 0.611. The molecule has 0 saturated carbocycles. The van der Waals surface area contributed by atoms with Gasteiger partial charge in [-0.25, -0.2) is 4.39 Å². The Bertz CT molecular complexity index is 496. The Labute approximate surface area is 138 Å². The average Bonchev–Trinajstić information content (AvgIpc) is 2.55. The van der Waals surface area contributed by atoms with Crippen LogP contribution in [-0.4, -0.2) is 56.6 Å². The summed E-state index contributed by atoms with van der Waals surface area (Å²) in [6.45, 7) is 2.37. The molecule has 23 heavy (non-hydrogen) atoms. The SMILES string of the molecule is COCCC1CCN(C(=O)[C@@H](c2ccc(F)cc2)N(C)C)CC1. The molecule has 1 aliphatic rings. The number of halogens is 1. The van der Waals surface area contributed by atoms with E-state index in [1.54, 1.807) is 19.2 Å². The van der Waals surface area contributed by atoms with Gasteiger partial charge in [0.05, 0.1) is 0 Å². The summed E-state index contributed by atoms with van der Waals surface area (Å²) >= 11 is 0. The summed E-state index contributed by atoms with van der Waals surface area (Å²) in [5.41, 5.74) is 0.836. The third-order valence-corrected chi connectivity index (χ3v) is 4.59. The summed E-state index contributed by atoms with van der Waals surface area (Å²) in [5, 5.41) is 0. The predicted octanol–water partition coefficient (Wildman–Crippen LogP) is 2.70. The maximum atomic E-state index is 13.1. The van der Waals surface area contributed by atoms with Crippen LogP contribution < -0.4 is 0 Å². The van der Waals surface area contributed by atoms with E-state index >= 15 is 0 Å². The van der Waals surface area contributed by atoms with E-state index in [9.17, 15) is 9.18 Å². The van der Waals surface area contributed by atoms with Crippen LogP contribution in [-0.2, 0) is 9.53 Å². The Hall–Kier alpha value is -1.46. The Morgan fingerprint density at radius 3 is 2.43 bits per heavy atom. The van der Waals surface area contributed by atoms with Crippen molar-refractivity contribution in [2.24, 2.45) is 5.92 Å². The molecule has 1 aromatic rings. The van der Waals surface area contributed by atoms with Crippen molar-refractivity contribution >= 4 is 5.91 Å². The zero-order valence-electron chi connectivity index (χ0n) is 14.3. The number of rotatable bonds is 6. The van der Waals surface area contributed by atoms with Crippen LogP contribution in [0.4, 0.5) is 4.39 Å². The fourth-order valence-corrected chi connectivity index (χ4v) is 3.21. The summed E-state index contributed by atoms with van der Waals surface area (Å²) in [4.78, 5) is 16.7. The second-order valence-corrected chi connectivity index (χ2v) is 6.47.